The molecule has 0 spiro atoms. The number of sulfonamides is 1. The van der Waals surface area contributed by atoms with Crippen LogP contribution in [0.15, 0.2) is 42.5 Å². The number of hydrogen-bond donors (Lipinski definition) is 1. The number of rotatable bonds is 8. The zero-order chi connectivity index (χ0) is 25.8. The molecule has 34 heavy (non-hydrogen) atoms. The molecule has 0 aliphatic rings. The lowest BCUT2D eigenvalue weighted by Crippen LogP contribution is -2.54. The fourth-order valence-electron chi connectivity index (χ4n) is 3.15. The van der Waals surface area contributed by atoms with Crippen molar-refractivity contribution in [2.45, 2.75) is 45.8 Å². The van der Waals surface area contributed by atoms with Gasteiger partial charge in [0.15, 0.2) is 0 Å². The second kappa shape index (κ2) is 10.9. The van der Waals surface area contributed by atoms with Gasteiger partial charge in [0.05, 0.1) is 22.0 Å². The van der Waals surface area contributed by atoms with Gasteiger partial charge in [0.1, 0.15) is 18.4 Å². The van der Waals surface area contributed by atoms with E-state index in [0.717, 1.165) is 15.5 Å². The fourth-order valence-corrected chi connectivity index (χ4v) is 4.45. The Morgan fingerprint density at radius 1 is 1.09 bits per heavy atom. The summed E-state index contributed by atoms with van der Waals surface area (Å²) >= 11 is 12.3. The average molecular weight is 532 g/mol. The molecule has 2 rings (SSSR count). The molecule has 186 valence electrons. The van der Waals surface area contributed by atoms with E-state index >= 15 is 0 Å². The number of halogens is 3. The molecule has 2 aromatic carbocycles. The highest BCUT2D eigenvalue weighted by Crippen LogP contribution is 2.33. The second-order valence-corrected chi connectivity index (χ2v) is 11.6. The normalized spacial score (nSPS) is 12.7. The molecule has 1 unspecified atom stereocenters. The summed E-state index contributed by atoms with van der Waals surface area (Å²) in [5, 5.41) is 2.86. The van der Waals surface area contributed by atoms with Gasteiger partial charge in [-0.15, -0.1) is 0 Å². The van der Waals surface area contributed by atoms with E-state index in [1.807, 2.05) is 0 Å². The SMILES string of the molecule is CC(C(=O)NC(C)(C)C)N(Cc1ccccc1F)C(=O)CN(c1cccc(Cl)c1Cl)S(C)(=O)=O. The predicted octanol–water partition coefficient (Wildman–Crippen LogP) is 4.23. The van der Waals surface area contributed by atoms with Crippen LogP contribution >= 0.6 is 23.2 Å². The van der Waals surface area contributed by atoms with Crippen molar-refractivity contribution in [3.8, 4) is 0 Å². The van der Waals surface area contributed by atoms with Gasteiger partial charge in [-0.05, 0) is 45.9 Å². The van der Waals surface area contributed by atoms with Crippen LogP contribution in [-0.2, 0) is 26.2 Å². The Labute approximate surface area is 209 Å². The molecule has 0 saturated heterocycles. The summed E-state index contributed by atoms with van der Waals surface area (Å²) in [4.78, 5) is 27.4. The summed E-state index contributed by atoms with van der Waals surface area (Å²) in [5.41, 5.74) is -0.383. The van der Waals surface area contributed by atoms with Crippen molar-refractivity contribution >= 4 is 50.7 Å². The smallest absolute Gasteiger partial charge is 0.244 e. The molecule has 0 saturated carbocycles. The van der Waals surface area contributed by atoms with Crippen molar-refractivity contribution in [1.82, 2.24) is 10.2 Å². The van der Waals surface area contributed by atoms with Crippen molar-refractivity contribution in [2.75, 3.05) is 17.1 Å². The molecule has 0 aliphatic carbocycles. The maximum absolute atomic E-state index is 14.4. The van der Waals surface area contributed by atoms with Crippen molar-refractivity contribution in [3.63, 3.8) is 0 Å². The first kappa shape index (κ1) is 27.9. The molecule has 11 heteroatoms. The lowest BCUT2D eigenvalue weighted by atomic mass is 10.1. The van der Waals surface area contributed by atoms with Gasteiger partial charge in [-0.2, -0.15) is 0 Å². The van der Waals surface area contributed by atoms with Gasteiger partial charge in [0.25, 0.3) is 0 Å². The number of benzene rings is 2. The first-order valence-corrected chi connectivity index (χ1v) is 13.0. The van der Waals surface area contributed by atoms with Crippen molar-refractivity contribution in [3.05, 3.63) is 63.9 Å². The van der Waals surface area contributed by atoms with Gasteiger partial charge in [0.2, 0.25) is 21.8 Å². The van der Waals surface area contributed by atoms with Crippen LogP contribution < -0.4 is 9.62 Å². The lowest BCUT2D eigenvalue weighted by Gasteiger charge is -2.33. The Bertz CT molecular complexity index is 1170. The lowest BCUT2D eigenvalue weighted by molar-refractivity contribution is -0.140. The zero-order valence-corrected chi connectivity index (χ0v) is 21.9. The number of nitrogens with one attached hydrogen (secondary N) is 1. The number of anilines is 1. The van der Waals surface area contributed by atoms with Crippen LogP contribution in [-0.4, -0.2) is 49.5 Å². The minimum Gasteiger partial charge on any atom is -0.350 e. The summed E-state index contributed by atoms with van der Waals surface area (Å²) in [6, 6.07) is 9.23. The van der Waals surface area contributed by atoms with Gasteiger partial charge in [-0.25, -0.2) is 12.8 Å². The van der Waals surface area contributed by atoms with Gasteiger partial charge in [-0.3, -0.25) is 13.9 Å². The molecule has 0 heterocycles. The Hall–Kier alpha value is -2.36. The minimum absolute atomic E-state index is 0.0163. The highest BCUT2D eigenvalue weighted by atomic mass is 35.5. The largest absolute Gasteiger partial charge is 0.350 e. The molecule has 0 radical (unpaired) electrons. The van der Waals surface area contributed by atoms with E-state index in [1.54, 1.807) is 26.8 Å². The first-order chi connectivity index (χ1) is 15.6. The molecule has 0 bridgehead atoms. The quantitative estimate of drug-likeness (QED) is 0.552. The molecule has 0 aliphatic heterocycles. The third-order valence-electron chi connectivity index (χ3n) is 4.84. The van der Waals surface area contributed by atoms with E-state index in [2.05, 4.69) is 5.32 Å². The van der Waals surface area contributed by atoms with Gasteiger partial charge in [0, 0.05) is 17.6 Å². The molecule has 7 nitrogen and oxygen atoms in total. The van der Waals surface area contributed by atoms with Gasteiger partial charge in [-0.1, -0.05) is 47.5 Å². The molecule has 2 aromatic rings. The topological polar surface area (TPSA) is 86.8 Å². The summed E-state index contributed by atoms with van der Waals surface area (Å²) in [5.74, 6) is -1.74. The van der Waals surface area contributed by atoms with Crippen LogP contribution in [0.3, 0.4) is 0 Å². The maximum Gasteiger partial charge on any atom is 0.244 e. The fraction of sp³-hybridized carbons (Fsp3) is 0.391. The first-order valence-electron chi connectivity index (χ1n) is 10.4. The van der Waals surface area contributed by atoms with E-state index in [9.17, 15) is 22.4 Å². The van der Waals surface area contributed by atoms with Crippen LogP contribution in [0.5, 0.6) is 0 Å². The number of nitrogens with zero attached hydrogens (tertiary/aromatic N) is 2. The second-order valence-electron chi connectivity index (χ2n) is 8.87. The van der Waals surface area contributed by atoms with E-state index in [1.165, 1.54) is 43.3 Å². The molecule has 2 amide bonds. The zero-order valence-electron chi connectivity index (χ0n) is 19.6. The molecule has 0 fully saturated rings. The summed E-state index contributed by atoms with van der Waals surface area (Å²) in [6.07, 6.45) is 0.925. The average Bonchev–Trinajstić information content (AvgIpc) is 2.71. The molecule has 1 N–H and O–H groups in total. The third kappa shape index (κ3) is 7.32. The Balaban J connectivity index is 2.47. The van der Waals surface area contributed by atoms with Crippen LogP contribution in [0.4, 0.5) is 10.1 Å². The summed E-state index contributed by atoms with van der Waals surface area (Å²) in [6.45, 7) is 5.94. The van der Waals surface area contributed by atoms with Crippen molar-refractivity contribution in [2.24, 2.45) is 0 Å². The predicted molar refractivity (Wildman–Crippen MR) is 133 cm³/mol. The van der Waals surface area contributed by atoms with Crippen molar-refractivity contribution < 1.29 is 22.4 Å². The van der Waals surface area contributed by atoms with E-state index in [0.29, 0.717) is 0 Å². The molecule has 1 atom stereocenters. The number of amides is 2. The van der Waals surface area contributed by atoms with E-state index in [-0.39, 0.29) is 27.8 Å². The van der Waals surface area contributed by atoms with Gasteiger partial charge < -0.3 is 10.2 Å². The minimum atomic E-state index is -3.97. The van der Waals surface area contributed by atoms with E-state index in [4.69, 9.17) is 23.2 Å². The highest BCUT2D eigenvalue weighted by Gasteiger charge is 2.32. The molecular formula is C23H28Cl2FN3O4S. The van der Waals surface area contributed by atoms with E-state index < -0.39 is 45.8 Å². The number of carbonyl (C=O) groups is 2. The molecular weight excluding hydrogens is 504 g/mol. The monoisotopic (exact) mass is 531 g/mol. The van der Waals surface area contributed by atoms with Crippen LogP contribution in [0.25, 0.3) is 0 Å². The summed E-state index contributed by atoms with van der Waals surface area (Å²) < 4.78 is 40.3. The van der Waals surface area contributed by atoms with Gasteiger partial charge >= 0.3 is 0 Å². The van der Waals surface area contributed by atoms with Crippen LogP contribution in [0, 0.1) is 5.82 Å². The Kier molecular flexibility index (Phi) is 8.96. The maximum atomic E-state index is 14.4. The Morgan fingerprint density at radius 2 is 1.71 bits per heavy atom. The number of hydrogen-bond acceptors (Lipinski definition) is 4. The van der Waals surface area contributed by atoms with Crippen LogP contribution in [0.2, 0.25) is 10.0 Å². The van der Waals surface area contributed by atoms with Crippen LogP contribution in [0.1, 0.15) is 33.3 Å². The molecule has 0 aromatic heterocycles. The number of carbonyl (C=O) groups excluding carboxylic acids is 2. The summed E-state index contributed by atoms with van der Waals surface area (Å²) in [7, 11) is -3.97. The third-order valence-corrected chi connectivity index (χ3v) is 6.78. The highest BCUT2D eigenvalue weighted by molar-refractivity contribution is 7.92. The Morgan fingerprint density at radius 3 is 2.26 bits per heavy atom. The van der Waals surface area contributed by atoms with Crippen molar-refractivity contribution in [1.29, 1.82) is 0 Å². The standard InChI is InChI=1S/C23H28Cl2FN3O4S/c1-15(22(31)27-23(2,3)4)28(13-16-9-6-7-11-18(16)26)20(30)14-29(34(5,32)33)19-12-8-10-17(24)21(19)25/h6-12,15H,13-14H2,1-5H3,(H,27,31).